The Labute approximate surface area is 77.7 Å². The normalized spacial score (nSPS) is 20.8. The first kappa shape index (κ1) is 8.33. The Morgan fingerprint density at radius 1 is 1.46 bits per heavy atom. The number of hydrogen-bond donors (Lipinski definition) is 0. The molecule has 1 fully saturated rings. The summed E-state index contributed by atoms with van der Waals surface area (Å²) in [5.74, 6) is 2.86. The molecule has 0 aliphatic carbocycles. The minimum atomic E-state index is -0.200. The zero-order chi connectivity index (χ0) is 9.15. The van der Waals surface area contributed by atoms with Crippen LogP contribution in [0, 0.1) is 12.3 Å². The van der Waals surface area contributed by atoms with Crippen LogP contribution in [-0.4, -0.2) is 22.8 Å². The summed E-state index contributed by atoms with van der Waals surface area (Å²) in [5.41, 5.74) is -0.200. The van der Waals surface area contributed by atoms with Gasteiger partial charge in [0, 0.05) is 38.4 Å². The third kappa shape index (κ3) is 1.34. The summed E-state index contributed by atoms with van der Waals surface area (Å²) in [4.78, 5) is 4.02. The molecule has 0 spiro atoms. The van der Waals surface area contributed by atoms with E-state index in [9.17, 15) is 0 Å². The van der Waals surface area contributed by atoms with Crippen LogP contribution in [0.25, 0.3) is 0 Å². The van der Waals surface area contributed by atoms with Crippen molar-refractivity contribution in [3.63, 3.8) is 0 Å². The minimum absolute atomic E-state index is 0.200. The zero-order valence-electron chi connectivity index (χ0n) is 7.44. The lowest BCUT2D eigenvalue weighted by Gasteiger charge is -2.33. The van der Waals surface area contributed by atoms with Gasteiger partial charge in [0.05, 0.1) is 6.33 Å². The van der Waals surface area contributed by atoms with Gasteiger partial charge < -0.3 is 9.30 Å². The lowest BCUT2D eigenvalue weighted by Crippen LogP contribution is -2.37. The van der Waals surface area contributed by atoms with E-state index in [0.717, 1.165) is 26.1 Å². The van der Waals surface area contributed by atoms with Crippen LogP contribution in [0.3, 0.4) is 0 Å². The lowest BCUT2D eigenvalue weighted by atomic mass is 9.91. The predicted molar refractivity (Wildman–Crippen MR) is 49.1 cm³/mol. The monoisotopic (exact) mass is 176 g/mol. The molecule has 0 saturated carbocycles. The Morgan fingerprint density at radius 2 is 2.23 bits per heavy atom. The highest BCUT2D eigenvalue weighted by Gasteiger charge is 2.31. The number of rotatable bonds is 1. The van der Waals surface area contributed by atoms with Crippen LogP contribution in [0.15, 0.2) is 18.7 Å². The maximum absolute atomic E-state index is 5.58. The van der Waals surface area contributed by atoms with Crippen molar-refractivity contribution in [3.05, 3.63) is 18.7 Å². The molecule has 1 aliphatic rings. The van der Waals surface area contributed by atoms with E-state index in [4.69, 9.17) is 11.2 Å². The molecule has 1 saturated heterocycles. The van der Waals surface area contributed by atoms with Gasteiger partial charge in [0.1, 0.15) is 5.54 Å². The summed E-state index contributed by atoms with van der Waals surface area (Å²) in [6.45, 7) is 1.48. The van der Waals surface area contributed by atoms with Crippen LogP contribution in [0.4, 0.5) is 0 Å². The number of nitrogens with zero attached hydrogens (tertiary/aromatic N) is 2. The average Bonchev–Trinajstić information content (AvgIpc) is 2.72. The molecule has 0 amide bonds. The third-order valence-corrected chi connectivity index (χ3v) is 2.59. The highest BCUT2D eigenvalue weighted by Crippen LogP contribution is 2.27. The van der Waals surface area contributed by atoms with Crippen LogP contribution in [0.1, 0.15) is 12.8 Å². The highest BCUT2D eigenvalue weighted by atomic mass is 16.5. The number of imidazole rings is 1. The number of hydrogen-bond acceptors (Lipinski definition) is 2. The molecule has 13 heavy (non-hydrogen) atoms. The van der Waals surface area contributed by atoms with Crippen molar-refractivity contribution in [2.45, 2.75) is 18.4 Å². The maximum atomic E-state index is 5.58. The number of aromatic nitrogens is 2. The first-order valence-corrected chi connectivity index (χ1v) is 4.41. The quantitative estimate of drug-likeness (QED) is 0.597. The molecule has 0 N–H and O–H groups in total. The van der Waals surface area contributed by atoms with E-state index < -0.39 is 0 Å². The maximum Gasteiger partial charge on any atom is 0.110 e. The van der Waals surface area contributed by atoms with E-state index in [1.807, 2.05) is 10.8 Å². The van der Waals surface area contributed by atoms with Gasteiger partial charge in [0.25, 0.3) is 0 Å². The van der Waals surface area contributed by atoms with Gasteiger partial charge in [-0.3, -0.25) is 0 Å². The summed E-state index contributed by atoms with van der Waals surface area (Å²) in [6.07, 6.45) is 12.8. The molecule has 68 valence electrons. The summed E-state index contributed by atoms with van der Waals surface area (Å²) < 4.78 is 7.30. The molecule has 3 nitrogen and oxygen atoms in total. The molecule has 2 heterocycles. The Hall–Kier alpha value is -1.27. The van der Waals surface area contributed by atoms with Gasteiger partial charge in [-0.25, -0.2) is 4.98 Å². The van der Waals surface area contributed by atoms with Gasteiger partial charge in [-0.2, -0.15) is 0 Å². The first-order valence-electron chi connectivity index (χ1n) is 4.41. The van der Waals surface area contributed by atoms with E-state index in [1.54, 1.807) is 12.5 Å². The van der Waals surface area contributed by atoms with Crippen molar-refractivity contribution in [2.75, 3.05) is 13.2 Å². The van der Waals surface area contributed by atoms with Crippen LogP contribution in [0.5, 0.6) is 0 Å². The van der Waals surface area contributed by atoms with Gasteiger partial charge >= 0.3 is 0 Å². The van der Waals surface area contributed by atoms with Crippen LogP contribution in [-0.2, 0) is 10.3 Å². The second kappa shape index (κ2) is 3.23. The van der Waals surface area contributed by atoms with Crippen LogP contribution in [0.2, 0.25) is 0 Å². The average molecular weight is 176 g/mol. The van der Waals surface area contributed by atoms with E-state index >= 15 is 0 Å². The van der Waals surface area contributed by atoms with Crippen molar-refractivity contribution in [3.8, 4) is 12.3 Å². The Balaban J connectivity index is 2.30. The molecule has 0 unspecified atom stereocenters. The number of terminal acetylenes is 1. The summed E-state index contributed by atoms with van der Waals surface area (Å²) in [7, 11) is 0. The zero-order valence-corrected chi connectivity index (χ0v) is 7.44. The second-order valence-corrected chi connectivity index (χ2v) is 3.26. The van der Waals surface area contributed by atoms with Crippen LogP contribution >= 0.6 is 0 Å². The molecule has 0 aromatic carbocycles. The van der Waals surface area contributed by atoms with Gasteiger partial charge in [-0.05, 0) is 0 Å². The van der Waals surface area contributed by atoms with Gasteiger partial charge in [0.15, 0.2) is 0 Å². The Bertz CT molecular complexity index is 304. The molecule has 1 aliphatic heterocycles. The lowest BCUT2D eigenvalue weighted by molar-refractivity contribution is 0.0457. The van der Waals surface area contributed by atoms with Gasteiger partial charge in [-0.15, -0.1) is 6.42 Å². The van der Waals surface area contributed by atoms with E-state index in [2.05, 4.69) is 10.9 Å². The first-order chi connectivity index (χ1) is 6.37. The van der Waals surface area contributed by atoms with Crippen molar-refractivity contribution in [1.82, 2.24) is 9.55 Å². The summed E-state index contributed by atoms with van der Waals surface area (Å²) >= 11 is 0. The topological polar surface area (TPSA) is 27.1 Å². The molecule has 0 atom stereocenters. The second-order valence-electron chi connectivity index (χ2n) is 3.26. The number of ether oxygens (including phenoxy) is 1. The molecule has 1 aromatic heterocycles. The van der Waals surface area contributed by atoms with Crippen molar-refractivity contribution >= 4 is 0 Å². The van der Waals surface area contributed by atoms with Crippen LogP contribution < -0.4 is 0 Å². The summed E-state index contributed by atoms with van der Waals surface area (Å²) in [6, 6.07) is 0. The summed E-state index contributed by atoms with van der Waals surface area (Å²) in [5, 5.41) is 0. The van der Waals surface area contributed by atoms with Gasteiger partial charge in [-0.1, -0.05) is 5.92 Å². The van der Waals surface area contributed by atoms with Crippen molar-refractivity contribution < 1.29 is 4.74 Å². The smallest absolute Gasteiger partial charge is 0.110 e. The minimum Gasteiger partial charge on any atom is -0.381 e. The fraction of sp³-hybridized carbons (Fsp3) is 0.500. The third-order valence-electron chi connectivity index (χ3n) is 2.59. The molecular formula is C10H12N2O. The van der Waals surface area contributed by atoms with Crippen molar-refractivity contribution in [2.24, 2.45) is 0 Å². The highest BCUT2D eigenvalue weighted by molar-refractivity contribution is 5.12. The molecular weight excluding hydrogens is 164 g/mol. The molecule has 2 rings (SSSR count). The van der Waals surface area contributed by atoms with Gasteiger partial charge in [0.2, 0.25) is 0 Å². The van der Waals surface area contributed by atoms with E-state index in [1.165, 1.54) is 0 Å². The fourth-order valence-corrected chi connectivity index (χ4v) is 1.70. The Morgan fingerprint density at radius 3 is 2.77 bits per heavy atom. The molecule has 0 radical (unpaired) electrons. The standard InChI is InChI=1S/C10H12N2O/c1-2-10(3-7-13-8-4-10)12-6-5-11-9-12/h1,5-6,9H,3-4,7-8H2. The predicted octanol–water partition coefficient (Wildman–Crippen LogP) is 1.02. The molecule has 3 heteroatoms. The van der Waals surface area contributed by atoms with E-state index in [0.29, 0.717) is 0 Å². The van der Waals surface area contributed by atoms with Crippen molar-refractivity contribution in [1.29, 1.82) is 0 Å². The molecule has 1 aromatic rings. The fourth-order valence-electron chi connectivity index (χ4n) is 1.70. The SMILES string of the molecule is C#CC1(n2ccnc2)CCOCC1. The molecule has 0 bridgehead atoms. The van der Waals surface area contributed by atoms with E-state index in [-0.39, 0.29) is 5.54 Å². The largest absolute Gasteiger partial charge is 0.381 e. The Kier molecular flexibility index (Phi) is 2.07.